The molecule has 0 radical (unpaired) electrons. The van der Waals surface area contributed by atoms with Crippen LogP contribution in [0.5, 0.6) is 0 Å². The van der Waals surface area contributed by atoms with E-state index in [1.54, 1.807) is 0 Å². The third kappa shape index (κ3) is 3.46. The van der Waals surface area contributed by atoms with Gasteiger partial charge in [-0.25, -0.2) is 0 Å². The van der Waals surface area contributed by atoms with Gasteiger partial charge in [0.15, 0.2) is 3.92 Å². The summed E-state index contributed by atoms with van der Waals surface area (Å²) in [6.45, 7) is 4.20. The topological polar surface area (TPSA) is 47.0 Å². The van der Waals surface area contributed by atoms with Crippen LogP contribution in [-0.4, -0.2) is 30.0 Å². The van der Waals surface area contributed by atoms with Crippen LogP contribution < -0.4 is 5.32 Å². The highest BCUT2D eigenvalue weighted by Gasteiger charge is 1.98. The number of ether oxygens (including phenoxy) is 1. The van der Waals surface area contributed by atoms with Gasteiger partial charge in [-0.1, -0.05) is 11.3 Å². The van der Waals surface area contributed by atoms with E-state index in [0.717, 1.165) is 22.2 Å². The lowest BCUT2D eigenvalue weighted by molar-refractivity contribution is 0.158. The second-order valence-electron chi connectivity index (χ2n) is 1.98. The number of halogens is 1. The minimum absolute atomic E-state index is 0.702. The van der Waals surface area contributed by atoms with Crippen LogP contribution in [0.3, 0.4) is 0 Å². The summed E-state index contributed by atoms with van der Waals surface area (Å²) >= 11 is 4.70. The molecule has 12 heavy (non-hydrogen) atoms. The van der Waals surface area contributed by atoms with E-state index in [4.69, 9.17) is 4.74 Å². The third-order valence-corrected chi connectivity index (χ3v) is 2.44. The summed E-state index contributed by atoms with van der Waals surface area (Å²) in [6.07, 6.45) is 0. The summed E-state index contributed by atoms with van der Waals surface area (Å²) in [5, 5.41) is 11.6. The van der Waals surface area contributed by atoms with Crippen molar-refractivity contribution in [2.24, 2.45) is 0 Å². The first-order valence-electron chi connectivity index (χ1n) is 3.63. The van der Waals surface area contributed by atoms with E-state index < -0.39 is 0 Å². The van der Waals surface area contributed by atoms with Crippen molar-refractivity contribution in [3.8, 4) is 0 Å². The van der Waals surface area contributed by atoms with Crippen LogP contribution in [0.25, 0.3) is 0 Å². The van der Waals surface area contributed by atoms with E-state index in [-0.39, 0.29) is 0 Å². The van der Waals surface area contributed by atoms with E-state index >= 15 is 0 Å². The molecule has 1 rings (SSSR count). The Morgan fingerprint density at radius 1 is 1.58 bits per heavy atom. The molecule has 0 saturated heterocycles. The van der Waals surface area contributed by atoms with Gasteiger partial charge in [0.1, 0.15) is 0 Å². The van der Waals surface area contributed by atoms with Crippen LogP contribution in [0.15, 0.2) is 3.92 Å². The zero-order valence-corrected chi connectivity index (χ0v) is 9.11. The Morgan fingerprint density at radius 2 is 2.42 bits per heavy atom. The molecule has 0 aliphatic rings. The lowest BCUT2D eigenvalue weighted by Crippen LogP contribution is -2.08. The predicted octanol–water partition coefficient (Wildman–Crippen LogP) is 1.75. The van der Waals surface area contributed by atoms with Crippen LogP contribution in [0, 0.1) is 0 Å². The number of nitrogens with zero attached hydrogens (tertiary/aromatic N) is 2. The first-order chi connectivity index (χ1) is 5.83. The van der Waals surface area contributed by atoms with Crippen LogP contribution in [0.4, 0.5) is 5.13 Å². The van der Waals surface area contributed by atoms with E-state index in [2.05, 4.69) is 31.4 Å². The van der Waals surface area contributed by atoms with Gasteiger partial charge in [-0.2, -0.15) is 0 Å². The number of hydrogen-bond donors (Lipinski definition) is 1. The molecule has 0 unspecified atom stereocenters. The second-order valence-corrected chi connectivity index (χ2v) is 4.24. The predicted molar refractivity (Wildman–Crippen MR) is 52.6 cm³/mol. The quantitative estimate of drug-likeness (QED) is 0.811. The number of aromatic nitrogens is 2. The number of hydrogen-bond acceptors (Lipinski definition) is 5. The van der Waals surface area contributed by atoms with E-state index in [1.165, 1.54) is 11.3 Å². The van der Waals surface area contributed by atoms with Gasteiger partial charge >= 0.3 is 0 Å². The molecule has 0 saturated carbocycles. The van der Waals surface area contributed by atoms with Crippen molar-refractivity contribution >= 4 is 32.4 Å². The van der Waals surface area contributed by atoms with Gasteiger partial charge in [-0.3, -0.25) is 0 Å². The molecule has 6 heteroatoms. The zero-order chi connectivity index (χ0) is 8.81. The molecule has 1 heterocycles. The Balaban J connectivity index is 2.15. The maximum Gasteiger partial charge on any atom is 0.206 e. The van der Waals surface area contributed by atoms with Crippen molar-refractivity contribution in [3.63, 3.8) is 0 Å². The number of rotatable bonds is 5. The van der Waals surface area contributed by atoms with Gasteiger partial charge in [-0.05, 0) is 22.9 Å². The van der Waals surface area contributed by atoms with Crippen molar-refractivity contribution in [2.45, 2.75) is 6.92 Å². The first-order valence-corrected chi connectivity index (χ1v) is 5.24. The smallest absolute Gasteiger partial charge is 0.206 e. The number of anilines is 1. The van der Waals surface area contributed by atoms with Crippen LogP contribution in [0.1, 0.15) is 6.92 Å². The van der Waals surface area contributed by atoms with Crippen LogP contribution in [-0.2, 0) is 4.74 Å². The zero-order valence-electron chi connectivity index (χ0n) is 6.71. The molecule has 0 aromatic carbocycles. The van der Waals surface area contributed by atoms with Crippen molar-refractivity contribution < 1.29 is 4.74 Å². The van der Waals surface area contributed by atoms with E-state index in [9.17, 15) is 0 Å². The summed E-state index contributed by atoms with van der Waals surface area (Å²) in [7, 11) is 0. The summed E-state index contributed by atoms with van der Waals surface area (Å²) in [6, 6.07) is 0. The standard InChI is InChI=1S/C6H10BrN3OS/c1-2-11-4-3-8-6-10-9-5(7)12-6/h2-4H2,1H3,(H,8,10). The summed E-state index contributed by atoms with van der Waals surface area (Å²) in [5.74, 6) is 0. The molecule has 1 aromatic heterocycles. The SMILES string of the molecule is CCOCCNc1nnc(Br)s1. The average molecular weight is 252 g/mol. The van der Waals surface area contributed by atoms with Gasteiger partial charge in [0.25, 0.3) is 0 Å². The molecule has 1 aromatic rings. The molecule has 0 aliphatic carbocycles. The Bertz CT molecular complexity index is 230. The molecule has 0 aliphatic heterocycles. The minimum atomic E-state index is 0.702. The number of nitrogens with one attached hydrogen (secondary N) is 1. The molecular weight excluding hydrogens is 242 g/mol. The fraction of sp³-hybridized carbons (Fsp3) is 0.667. The van der Waals surface area contributed by atoms with E-state index in [0.29, 0.717) is 6.61 Å². The minimum Gasteiger partial charge on any atom is -0.380 e. The van der Waals surface area contributed by atoms with E-state index in [1.807, 2.05) is 6.92 Å². The highest BCUT2D eigenvalue weighted by atomic mass is 79.9. The highest BCUT2D eigenvalue weighted by Crippen LogP contribution is 2.19. The molecular formula is C6H10BrN3OS. The third-order valence-electron chi connectivity index (χ3n) is 1.13. The molecule has 1 N–H and O–H groups in total. The second kappa shape index (κ2) is 5.45. The Morgan fingerprint density at radius 3 is 3.00 bits per heavy atom. The summed E-state index contributed by atoms with van der Waals surface area (Å²) < 4.78 is 5.94. The van der Waals surface area contributed by atoms with Gasteiger partial charge in [0.2, 0.25) is 5.13 Å². The Hall–Kier alpha value is -0.200. The first kappa shape index (κ1) is 9.88. The van der Waals surface area contributed by atoms with Crippen molar-refractivity contribution in [1.82, 2.24) is 10.2 Å². The van der Waals surface area contributed by atoms with Gasteiger partial charge in [0.05, 0.1) is 6.61 Å². The molecule has 0 atom stereocenters. The largest absolute Gasteiger partial charge is 0.380 e. The molecule has 0 spiro atoms. The van der Waals surface area contributed by atoms with Crippen LogP contribution >= 0.6 is 27.3 Å². The normalized spacial score (nSPS) is 10.2. The summed E-state index contributed by atoms with van der Waals surface area (Å²) in [5.41, 5.74) is 0. The fourth-order valence-corrected chi connectivity index (χ4v) is 1.69. The monoisotopic (exact) mass is 251 g/mol. The Labute approximate surface area is 83.5 Å². The Kier molecular flexibility index (Phi) is 4.49. The fourth-order valence-electron chi connectivity index (χ4n) is 0.651. The lowest BCUT2D eigenvalue weighted by Gasteiger charge is -2.00. The molecule has 0 bridgehead atoms. The lowest BCUT2D eigenvalue weighted by atomic mass is 10.7. The van der Waals surface area contributed by atoms with Gasteiger partial charge < -0.3 is 10.1 Å². The molecule has 0 fully saturated rings. The molecule has 68 valence electrons. The van der Waals surface area contributed by atoms with Crippen molar-refractivity contribution in [2.75, 3.05) is 25.1 Å². The van der Waals surface area contributed by atoms with Crippen molar-refractivity contribution in [3.05, 3.63) is 3.92 Å². The highest BCUT2D eigenvalue weighted by molar-refractivity contribution is 9.11. The average Bonchev–Trinajstić information content (AvgIpc) is 2.45. The maximum atomic E-state index is 5.14. The van der Waals surface area contributed by atoms with Gasteiger partial charge in [-0.15, -0.1) is 10.2 Å². The summed E-state index contributed by atoms with van der Waals surface area (Å²) in [4.78, 5) is 0. The van der Waals surface area contributed by atoms with Gasteiger partial charge in [0, 0.05) is 13.2 Å². The van der Waals surface area contributed by atoms with Crippen molar-refractivity contribution in [1.29, 1.82) is 0 Å². The molecule has 0 amide bonds. The van der Waals surface area contributed by atoms with Crippen LogP contribution in [0.2, 0.25) is 0 Å². The molecule has 4 nitrogen and oxygen atoms in total. The maximum absolute atomic E-state index is 5.14.